The minimum Gasteiger partial charge on any atom is -0.497 e. The van der Waals surface area contributed by atoms with Crippen LogP contribution in [0.3, 0.4) is 0 Å². The molecule has 0 fully saturated rings. The van der Waals surface area contributed by atoms with Crippen molar-refractivity contribution in [1.29, 1.82) is 0 Å². The van der Waals surface area contributed by atoms with Gasteiger partial charge in [-0.3, -0.25) is 30.5 Å². The number of hydrazine groups is 1. The first kappa shape index (κ1) is 22.8. The molecule has 0 saturated carbocycles. The molecule has 0 saturated heterocycles. The Morgan fingerprint density at radius 1 is 0.969 bits per heavy atom. The number of ether oxygens (including phenoxy) is 1. The number of benzene rings is 2. The summed E-state index contributed by atoms with van der Waals surface area (Å²) < 4.78 is 37.7. The lowest BCUT2D eigenvalue weighted by Gasteiger charge is -2.12. The zero-order chi connectivity index (χ0) is 23.1. The number of carbonyl (C=O) groups excluding carboxylic acids is 2. The van der Waals surface area contributed by atoms with Crippen molar-refractivity contribution in [1.82, 2.24) is 16.2 Å². The standard InChI is InChI=1S/C20H18N4O6S2/c1-29-15-9-7-14(8-10-15)24-32(27,28)16-5-2-4-13(12-16)18(25)22-23-20(31)21-19(26)17-6-3-11-30-17/h2-12,24H,1H3,(H,22,25)(H2,21,23,26,31). The van der Waals surface area contributed by atoms with Gasteiger partial charge in [0, 0.05) is 11.3 Å². The number of hydrogen-bond donors (Lipinski definition) is 4. The van der Waals surface area contributed by atoms with E-state index >= 15 is 0 Å². The number of sulfonamides is 1. The van der Waals surface area contributed by atoms with Crippen molar-refractivity contribution in [3.63, 3.8) is 0 Å². The molecule has 0 atom stereocenters. The Balaban J connectivity index is 1.62. The zero-order valence-electron chi connectivity index (χ0n) is 16.6. The Hall–Kier alpha value is -3.90. The second kappa shape index (κ2) is 9.94. The highest BCUT2D eigenvalue weighted by atomic mass is 32.2. The lowest BCUT2D eigenvalue weighted by molar-refractivity contribution is 0.0927. The Morgan fingerprint density at radius 3 is 2.38 bits per heavy atom. The topological polar surface area (TPSA) is 139 Å². The maximum absolute atomic E-state index is 12.7. The van der Waals surface area contributed by atoms with Gasteiger partial charge < -0.3 is 9.15 Å². The van der Waals surface area contributed by atoms with Crippen molar-refractivity contribution in [3.05, 3.63) is 78.3 Å². The summed E-state index contributed by atoms with van der Waals surface area (Å²) in [7, 11) is -2.44. The van der Waals surface area contributed by atoms with Crippen LogP contribution in [0.4, 0.5) is 5.69 Å². The normalized spacial score (nSPS) is 10.7. The molecule has 166 valence electrons. The molecular formula is C20H18N4O6S2. The molecule has 0 aliphatic carbocycles. The van der Waals surface area contributed by atoms with Crippen LogP contribution in [0, 0.1) is 0 Å². The molecule has 0 spiro atoms. The van der Waals surface area contributed by atoms with E-state index in [1.54, 1.807) is 24.3 Å². The largest absolute Gasteiger partial charge is 0.497 e. The van der Waals surface area contributed by atoms with Crippen molar-refractivity contribution in [3.8, 4) is 5.75 Å². The predicted molar refractivity (Wildman–Crippen MR) is 120 cm³/mol. The molecule has 0 aliphatic rings. The van der Waals surface area contributed by atoms with Gasteiger partial charge in [0.1, 0.15) is 5.75 Å². The van der Waals surface area contributed by atoms with Crippen molar-refractivity contribution >= 4 is 44.9 Å². The van der Waals surface area contributed by atoms with Crippen molar-refractivity contribution in [2.24, 2.45) is 0 Å². The first-order valence-electron chi connectivity index (χ1n) is 9.00. The van der Waals surface area contributed by atoms with Crippen LogP contribution in [0.5, 0.6) is 5.75 Å². The third kappa shape index (κ3) is 5.83. The molecule has 0 aliphatic heterocycles. The fraction of sp³-hybridized carbons (Fsp3) is 0.0500. The van der Waals surface area contributed by atoms with E-state index in [2.05, 4.69) is 20.9 Å². The Bertz CT molecular complexity index is 1230. The van der Waals surface area contributed by atoms with Gasteiger partial charge in [0.2, 0.25) is 0 Å². The van der Waals surface area contributed by atoms with Gasteiger partial charge in [-0.25, -0.2) is 8.42 Å². The first-order valence-corrected chi connectivity index (χ1v) is 10.9. The molecule has 32 heavy (non-hydrogen) atoms. The van der Waals surface area contributed by atoms with Gasteiger partial charge in [-0.05, 0) is 66.8 Å². The highest BCUT2D eigenvalue weighted by Gasteiger charge is 2.17. The molecule has 3 rings (SSSR count). The molecule has 0 unspecified atom stereocenters. The summed E-state index contributed by atoms with van der Waals surface area (Å²) in [5.41, 5.74) is 5.03. The fourth-order valence-corrected chi connectivity index (χ4v) is 3.71. The second-order valence-electron chi connectivity index (χ2n) is 6.20. The molecule has 10 nitrogen and oxygen atoms in total. The van der Waals surface area contributed by atoms with E-state index in [0.717, 1.165) is 0 Å². The molecule has 0 bridgehead atoms. The lowest BCUT2D eigenvalue weighted by Crippen LogP contribution is -2.48. The number of methoxy groups -OCH3 is 1. The summed E-state index contributed by atoms with van der Waals surface area (Å²) in [5.74, 6) is -0.638. The molecule has 0 radical (unpaired) electrons. The SMILES string of the molecule is COc1ccc(NS(=O)(=O)c2cccc(C(=O)NNC(=S)NC(=O)c3ccco3)c2)cc1. The minimum absolute atomic E-state index is 0.0442. The van der Waals surface area contributed by atoms with Gasteiger partial charge >= 0.3 is 0 Å². The smallest absolute Gasteiger partial charge is 0.293 e. The van der Waals surface area contributed by atoms with Crippen LogP contribution < -0.4 is 25.6 Å². The average Bonchev–Trinajstić information content (AvgIpc) is 3.33. The van der Waals surface area contributed by atoms with Crippen LogP contribution in [0.2, 0.25) is 0 Å². The van der Waals surface area contributed by atoms with E-state index in [-0.39, 0.29) is 21.3 Å². The van der Waals surface area contributed by atoms with Crippen LogP contribution in [0.25, 0.3) is 0 Å². The summed E-state index contributed by atoms with van der Waals surface area (Å²) in [4.78, 5) is 24.1. The molecule has 1 aromatic heterocycles. The molecule has 4 N–H and O–H groups in total. The van der Waals surface area contributed by atoms with Crippen molar-refractivity contribution in [2.45, 2.75) is 4.90 Å². The molecule has 12 heteroatoms. The number of carbonyl (C=O) groups is 2. The van der Waals surface area contributed by atoms with E-state index in [0.29, 0.717) is 11.4 Å². The van der Waals surface area contributed by atoms with Gasteiger partial charge in [0.25, 0.3) is 21.8 Å². The number of rotatable bonds is 6. The summed E-state index contributed by atoms with van der Waals surface area (Å²) in [5, 5.41) is 2.14. The van der Waals surface area contributed by atoms with Crippen molar-refractivity contribution < 1.29 is 27.2 Å². The quantitative estimate of drug-likeness (QED) is 0.314. The molecule has 1 heterocycles. The molecule has 2 aromatic carbocycles. The van der Waals surface area contributed by atoms with Gasteiger partial charge in [0.05, 0.1) is 18.3 Å². The lowest BCUT2D eigenvalue weighted by atomic mass is 10.2. The minimum atomic E-state index is -3.95. The van der Waals surface area contributed by atoms with E-state index in [9.17, 15) is 18.0 Å². The van der Waals surface area contributed by atoms with Crippen LogP contribution in [0.15, 0.2) is 76.2 Å². The number of amides is 2. The van der Waals surface area contributed by atoms with Crippen LogP contribution >= 0.6 is 12.2 Å². The van der Waals surface area contributed by atoms with Gasteiger partial charge in [-0.2, -0.15) is 0 Å². The average molecular weight is 475 g/mol. The Morgan fingerprint density at radius 2 is 1.72 bits per heavy atom. The number of furan rings is 1. The molecule has 2 amide bonds. The third-order valence-corrected chi connectivity index (χ3v) is 5.59. The highest BCUT2D eigenvalue weighted by molar-refractivity contribution is 7.92. The summed E-state index contributed by atoms with van der Waals surface area (Å²) in [6.45, 7) is 0. The fourth-order valence-electron chi connectivity index (χ4n) is 2.47. The van der Waals surface area contributed by atoms with Crippen LogP contribution in [-0.2, 0) is 10.0 Å². The van der Waals surface area contributed by atoms with Gasteiger partial charge in [-0.15, -0.1) is 0 Å². The Labute approximate surface area is 189 Å². The van der Waals surface area contributed by atoms with Crippen molar-refractivity contribution in [2.75, 3.05) is 11.8 Å². The monoisotopic (exact) mass is 474 g/mol. The molecular weight excluding hydrogens is 456 g/mol. The summed E-state index contributed by atoms with van der Waals surface area (Å²) in [6, 6.07) is 14.7. The number of anilines is 1. The van der Waals surface area contributed by atoms with Crippen LogP contribution in [-0.4, -0.2) is 32.5 Å². The summed E-state index contributed by atoms with van der Waals surface area (Å²) in [6.07, 6.45) is 1.33. The van der Waals surface area contributed by atoms with Gasteiger partial charge in [0.15, 0.2) is 10.9 Å². The molecule has 3 aromatic rings. The number of hydrogen-bond acceptors (Lipinski definition) is 7. The van der Waals surface area contributed by atoms with E-state index in [4.69, 9.17) is 21.4 Å². The van der Waals surface area contributed by atoms with Crippen LogP contribution in [0.1, 0.15) is 20.9 Å². The maximum Gasteiger partial charge on any atom is 0.293 e. The maximum atomic E-state index is 12.7. The Kier molecular flexibility index (Phi) is 7.07. The van der Waals surface area contributed by atoms with E-state index in [1.165, 1.54) is 49.8 Å². The van der Waals surface area contributed by atoms with E-state index in [1.807, 2.05) is 0 Å². The number of nitrogens with one attached hydrogen (secondary N) is 4. The number of thiocarbonyl (C=S) groups is 1. The second-order valence-corrected chi connectivity index (χ2v) is 8.29. The zero-order valence-corrected chi connectivity index (χ0v) is 18.2. The predicted octanol–water partition coefficient (Wildman–Crippen LogP) is 2.04. The first-order chi connectivity index (χ1) is 15.3. The highest BCUT2D eigenvalue weighted by Crippen LogP contribution is 2.20. The van der Waals surface area contributed by atoms with Gasteiger partial charge in [-0.1, -0.05) is 6.07 Å². The third-order valence-electron chi connectivity index (χ3n) is 4.01. The van der Waals surface area contributed by atoms with E-state index < -0.39 is 21.8 Å². The summed E-state index contributed by atoms with van der Waals surface area (Å²) >= 11 is 4.93.